The molecule has 1 rings (SSSR count). The van der Waals surface area contributed by atoms with Gasteiger partial charge in [-0.25, -0.2) is 4.79 Å². The molecular weight excluding hydrogens is 254 g/mol. The van der Waals surface area contributed by atoms with Crippen LogP contribution in [0.5, 0.6) is 0 Å². The highest BCUT2D eigenvalue weighted by Gasteiger charge is 2.01. The van der Waals surface area contributed by atoms with Crippen LogP contribution in [0.4, 0.5) is 0 Å². The van der Waals surface area contributed by atoms with E-state index in [1.807, 2.05) is 38.1 Å². The molecule has 0 bridgehead atoms. The summed E-state index contributed by atoms with van der Waals surface area (Å²) in [5.74, 6) is -0.932. The summed E-state index contributed by atoms with van der Waals surface area (Å²) in [7, 11) is 2.06. The number of nitrogens with zero attached hydrogens (tertiary/aromatic N) is 1. The number of carbonyl (C=O) groups is 1. The maximum Gasteiger partial charge on any atom is 0.328 e. The van der Waals surface area contributed by atoms with Crippen molar-refractivity contribution in [3.8, 4) is 0 Å². The number of aliphatic carboxylic acids is 1. The molecule has 0 saturated heterocycles. The zero-order valence-electron chi connectivity index (χ0n) is 12.4. The van der Waals surface area contributed by atoms with Crippen LogP contribution in [0, 0.1) is 0 Å². The second kappa shape index (κ2) is 8.51. The van der Waals surface area contributed by atoms with Crippen molar-refractivity contribution in [2.75, 3.05) is 20.2 Å². The second-order valence-corrected chi connectivity index (χ2v) is 5.07. The molecule has 1 N–H and O–H groups in total. The number of hydrogen-bond donors (Lipinski definition) is 1. The van der Waals surface area contributed by atoms with Gasteiger partial charge >= 0.3 is 5.97 Å². The van der Waals surface area contributed by atoms with Gasteiger partial charge in [0.2, 0.25) is 0 Å². The lowest BCUT2D eigenvalue weighted by molar-refractivity contribution is -0.131. The van der Waals surface area contributed by atoms with E-state index in [9.17, 15) is 4.79 Å². The van der Waals surface area contributed by atoms with E-state index < -0.39 is 5.97 Å². The molecule has 0 unspecified atom stereocenters. The first-order valence-electron chi connectivity index (χ1n) is 6.77. The molecule has 0 fully saturated rings. The average molecular weight is 277 g/mol. The Kier molecular flexibility index (Phi) is 6.98. The maximum atomic E-state index is 10.4. The monoisotopic (exact) mass is 277 g/mol. The van der Waals surface area contributed by atoms with E-state index in [0.29, 0.717) is 0 Å². The largest absolute Gasteiger partial charge is 0.478 e. The zero-order chi connectivity index (χ0) is 15.0. The standard InChI is InChI=1S/C16H23NO3/c1-13(2)20-11-10-17(3)12-15-6-4-14(5-7-15)8-9-16(18)19/h4-9,13H,10-12H2,1-3H3,(H,18,19)/b9-8+. The van der Waals surface area contributed by atoms with Crippen LogP contribution in [0.2, 0.25) is 0 Å². The van der Waals surface area contributed by atoms with Gasteiger partial charge in [-0.3, -0.25) is 4.90 Å². The molecule has 20 heavy (non-hydrogen) atoms. The van der Waals surface area contributed by atoms with E-state index in [1.54, 1.807) is 6.08 Å². The van der Waals surface area contributed by atoms with Crippen molar-refractivity contribution < 1.29 is 14.6 Å². The summed E-state index contributed by atoms with van der Waals surface area (Å²) in [6.07, 6.45) is 3.00. The van der Waals surface area contributed by atoms with E-state index in [-0.39, 0.29) is 6.10 Å². The molecule has 0 atom stereocenters. The first-order chi connectivity index (χ1) is 9.47. The Morgan fingerprint density at radius 2 is 2.00 bits per heavy atom. The van der Waals surface area contributed by atoms with Gasteiger partial charge in [0.25, 0.3) is 0 Å². The predicted octanol–water partition coefficient (Wildman–Crippen LogP) is 2.64. The van der Waals surface area contributed by atoms with Gasteiger partial charge in [-0.15, -0.1) is 0 Å². The quantitative estimate of drug-likeness (QED) is 0.742. The van der Waals surface area contributed by atoms with Crippen molar-refractivity contribution in [2.45, 2.75) is 26.5 Å². The van der Waals surface area contributed by atoms with Crippen LogP contribution in [0.15, 0.2) is 30.3 Å². The average Bonchev–Trinajstić information content (AvgIpc) is 2.37. The van der Waals surface area contributed by atoms with Crippen LogP contribution < -0.4 is 0 Å². The number of hydrogen-bond acceptors (Lipinski definition) is 3. The molecule has 0 saturated carbocycles. The van der Waals surface area contributed by atoms with Crippen molar-refractivity contribution in [2.24, 2.45) is 0 Å². The summed E-state index contributed by atoms with van der Waals surface area (Å²) in [6.45, 7) is 6.53. The summed E-state index contributed by atoms with van der Waals surface area (Å²) in [6, 6.07) is 7.88. The number of rotatable bonds is 8. The fraction of sp³-hybridized carbons (Fsp3) is 0.438. The minimum Gasteiger partial charge on any atom is -0.478 e. The molecule has 0 aromatic heterocycles. The van der Waals surface area contributed by atoms with E-state index >= 15 is 0 Å². The summed E-state index contributed by atoms with van der Waals surface area (Å²) in [5.41, 5.74) is 2.09. The van der Waals surface area contributed by atoms with Crippen LogP contribution in [-0.2, 0) is 16.1 Å². The number of carboxylic acids is 1. The van der Waals surface area contributed by atoms with Crippen molar-refractivity contribution in [3.05, 3.63) is 41.5 Å². The summed E-state index contributed by atoms with van der Waals surface area (Å²) in [5, 5.41) is 8.56. The lowest BCUT2D eigenvalue weighted by Gasteiger charge is -2.17. The van der Waals surface area contributed by atoms with Crippen LogP contribution in [-0.4, -0.2) is 42.3 Å². The topological polar surface area (TPSA) is 49.8 Å². The molecule has 0 heterocycles. The van der Waals surface area contributed by atoms with Gasteiger partial charge < -0.3 is 9.84 Å². The molecule has 0 spiro atoms. The molecule has 1 aromatic rings. The number of ether oxygens (including phenoxy) is 1. The van der Waals surface area contributed by atoms with Gasteiger partial charge in [0, 0.05) is 19.2 Å². The van der Waals surface area contributed by atoms with Crippen LogP contribution in [0.1, 0.15) is 25.0 Å². The summed E-state index contributed by atoms with van der Waals surface area (Å²) < 4.78 is 5.52. The Bertz CT molecular complexity index is 438. The Hall–Kier alpha value is -1.65. The van der Waals surface area contributed by atoms with Gasteiger partial charge in [-0.1, -0.05) is 24.3 Å². The van der Waals surface area contributed by atoms with Gasteiger partial charge in [0.15, 0.2) is 0 Å². The number of likely N-dealkylation sites (N-methyl/N-ethyl adjacent to an activating group) is 1. The molecule has 110 valence electrons. The fourth-order valence-corrected chi connectivity index (χ4v) is 1.74. The van der Waals surface area contributed by atoms with Crippen molar-refractivity contribution in [1.29, 1.82) is 0 Å². The van der Waals surface area contributed by atoms with Crippen molar-refractivity contribution in [3.63, 3.8) is 0 Å². The third kappa shape index (κ3) is 7.07. The van der Waals surface area contributed by atoms with Crippen LogP contribution in [0.3, 0.4) is 0 Å². The smallest absolute Gasteiger partial charge is 0.328 e. The molecule has 0 aliphatic rings. The minimum absolute atomic E-state index is 0.267. The lowest BCUT2D eigenvalue weighted by atomic mass is 10.1. The molecule has 4 nitrogen and oxygen atoms in total. The number of benzene rings is 1. The Balaban J connectivity index is 2.42. The molecule has 0 aliphatic heterocycles. The van der Waals surface area contributed by atoms with Crippen molar-refractivity contribution >= 4 is 12.0 Å². The molecule has 0 amide bonds. The Morgan fingerprint density at radius 1 is 1.35 bits per heavy atom. The zero-order valence-corrected chi connectivity index (χ0v) is 12.4. The third-order valence-corrected chi connectivity index (χ3v) is 2.77. The van der Waals surface area contributed by atoms with Gasteiger partial charge in [0.1, 0.15) is 0 Å². The van der Waals surface area contributed by atoms with Crippen molar-refractivity contribution in [1.82, 2.24) is 4.90 Å². The van der Waals surface area contributed by atoms with Crippen LogP contribution >= 0.6 is 0 Å². The highest BCUT2D eigenvalue weighted by molar-refractivity contribution is 5.85. The fourth-order valence-electron chi connectivity index (χ4n) is 1.74. The van der Waals surface area contributed by atoms with E-state index in [1.165, 1.54) is 5.56 Å². The Morgan fingerprint density at radius 3 is 2.55 bits per heavy atom. The van der Waals surface area contributed by atoms with E-state index in [0.717, 1.165) is 31.3 Å². The highest BCUT2D eigenvalue weighted by atomic mass is 16.5. The first-order valence-corrected chi connectivity index (χ1v) is 6.77. The molecular formula is C16H23NO3. The second-order valence-electron chi connectivity index (χ2n) is 5.07. The Labute approximate surface area is 120 Å². The highest BCUT2D eigenvalue weighted by Crippen LogP contribution is 2.08. The van der Waals surface area contributed by atoms with Crippen LogP contribution in [0.25, 0.3) is 6.08 Å². The SMILES string of the molecule is CC(C)OCCN(C)Cc1ccc(/C=C/C(=O)O)cc1. The minimum atomic E-state index is -0.932. The molecule has 0 aliphatic carbocycles. The maximum absolute atomic E-state index is 10.4. The van der Waals surface area contributed by atoms with Gasteiger partial charge in [0.05, 0.1) is 12.7 Å². The molecule has 0 radical (unpaired) electrons. The van der Waals surface area contributed by atoms with Gasteiger partial charge in [-0.2, -0.15) is 0 Å². The first kappa shape index (κ1) is 16.4. The lowest BCUT2D eigenvalue weighted by Crippen LogP contribution is -2.23. The molecule has 4 heteroatoms. The van der Waals surface area contributed by atoms with Gasteiger partial charge in [-0.05, 0) is 38.1 Å². The summed E-state index contributed by atoms with van der Waals surface area (Å²) >= 11 is 0. The third-order valence-electron chi connectivity index (χ3n) is 2.77. The van der Waals surface area contributed by atoms with E-state index in [2.05, 4.69) is 11.9 Å². The molecule has 1 aromatic carbocycles. The normalized spacial score (nSPS) is 11.7. The predicted molar refractivity (Wildman–Crippen MR) is 80.5 cm³/mol. The number of carboxylic acid groups (broad SMARTS) is 1. The van der Waals surface area contributed by atoms with E-state index in [4.69, 9.17) is 9.84 Å². The summed E-state index contributed by atoms with van der Waals surface area (Å²) in [4.78, 5) is 12.6.